The van der Waals surface area contributed by atoms with Crippen molar-refractivity contribution in [2.45, 2.75) is 44.1 Å². The van der Waals surface area contributed by atoms with Gasteiger partial charge in [-0.3, -0.25) is 24.1 Å². The van der Waals surface area contributed by atoms with Gasteiger partial charge in [0.15, 0.2) is 5.78 Å². The molecule has 1 unspecified atom stereocenters. The molecule has 0 radical (unpaired) electrons. The lowest BCUT2D eigenvalue weighted by atomic mass is 9.76. The van der Waals surface area contributed by atoms with Gasteiger partial charge in [0, 0.05) is 47.4 Å². The van der Waals surface area contributed by atoms with Gasteiger partial charge in [0.25, 0.3) is 5.56 Å². The van der Waals surface area contributed by atoms with E-state index in [2.05, 4.69) is 27.1 Å². The highest BCUT2D eigenvalue weighted by atomic mass is 16.5. The van der Waals surface area contributed by atoms with Gasteiger partial charge in [0.1, 0.15) is 5.69 Å². The summed E-state index contributed by atoms with van der Waals surface area (Å²) in [6.45, 7) is 1.35. The Morgan fingerprint density at radius 1 is 1.00 bits per heavy atom. The van der Waals surface area contributed by atoms with Crippen LogP contribution in [0.5, 0.6) is 0 Å². The largest absolute Gasteiger partial charge is 0.380 e. The van der Waals surface area contributed by atoms with E-state index in [9.17, 15) is 9.59 Å². The minimum absolute atomic E-state index is 0.00170. The number of benzene rings is 2. The Morgan fingerprint density at radius 3 is 2.55 bits per heavy atom. The molecular formula is C33H32N4O3. The van der Waals surface area contributed by atoms with E-state index >= 15 is 0 Å². The van der Waals surface area contributed by atoms with Crippen molar-refractivity contribution >= 4 is 16.7 Å². The summed E-state index contributed by atoms with van der Waals surface area (Å²) in [6.07, 6.45) is 8.37. The molecule has 4 heterocycles. The molecule has 2 aromatic carbocycles. The van der Waals surface area contributed by atoms with Crippen molar-refractivity contribution in [1.82, 2.24) is 19.5 Å². The fraction of sp³-hybridized carbons (Fsp3) is 0.273. The van der Waals surface area contributed by atoms with E-state index in [0.717, 1.165) is 35.0 Å². The van der Waals surface area contributed by atoms with Crippen molar-refractivity contribution in [3.63, 3.8) is 0 Å². The average Bonchev–Trinajstić information content (AvgIpc) is 3.65. The first kappa shape index (κ1) is 25.9. The quantitative estimate of drug-likeness (QED) is 0.264. The van der Waals surface area contributed by atoms with Crippen LogP contribution in [0.3, 0.4) is 0 Å². The Hall–Kier alpha value is -4.36. The van der Waals surface area contributed by atoms with Crippen molar-refractivity contribution < 1.29 is 9.53 Å². The fourth-order valence-electron chi connectivity index (χ4n) is 5.72. The van der Waals surface area contributed by atoms with Gasteiger partial charge in [-0.25, -0.2) is 0 Å². The molecule has 0 aliphatic carbocycles. The van der Waals surface area contributed by atoms with Crippen LogP contribution >= 0.6 is 0 Å². The molecule has 1 aliphatic rings. The lowest BCUT2D eigenvalue weighted by Gasteiger charge is -2.28. The molecule has 7 heteroatoms. The third kappa shape index (κ3) is 5.38. The Kier molecular flexibility index (Phi) is 7.38. The van der Waals surface area contributed by atoms with E-state index in [4.69, 9.17) is 4.74 Å². The molecule has 1 atom stereocenters. The predicted octanol–water partition coefficient (Wildman–Crippen LogP) is 5.28. The molecule has 0 bridgehead atoms. The number of carbonyl (C=O) groups is 1. The third-order valence-corrected chi connectivity index (χ3v) is 8.01. The van der Waals surface area contributed by atoms with Crippen LogP contribution in [0, 0.1) is 0 Å². The van der Waals surface area contributed by atoms with Gasteiger partial charge >= 0.3 is 0 Å². The number of nitrogens with zero attached hydrogens (tertiary/aromatic N) is 3. The summed E-state index contributed by atoms with van der Waals surface area (Å²) in [5.41, 5.74) is 4.87. The second-order valence-corrected chi connectivity index (χ2v) is 10.6. The van der Waals surface area contributed by atoms with Crippen LogP contribution in [-0.2, 0) is 34.3 Å². The van der Waals surface area contributed by atoms with E-state index < -0.39 is 0 Å². The van der Waals surface area contributed by atoms with Crippen molar-refractivity contribution in [2.24, 2.45) is 0 Å². The van der Waals surface area contributed by atoms with E-state index in [1.54, 1.807) is 23.2 Å². The number of carbonyl (C=O) groups excluding carboxylic acids is 1. The van der Waals surface area contributed by atoms with Gasteiger partial charge in [-0.15, -0.1) is 0 Å². The molecule has 40 heavy (non-hydrogen) atoms. The number of ketones is 1. The molecule has 0 spiro atoms. The maximum absolute atomic E-state index is 13.8. The number of aromatic amines is 1. The number of rotatable bonds is 10. The van der Waals surface area contributed by atoms with Gasteiger partial charge in [-0.05, 0) is 48.9 Å². The van der Waals surface area contributed by atoms with Gasteiger partial charge in [0.05, 0.1) is 25.0 Å². The van der Waals surface area contributed by atoms with E-state index in [1.165, 1.54) is 5.56 Å². The number of aromatic nitrogens is 4. The van der Waals surface area contributed by atoms with Crippen molar-refractivity contribution in [2.75, 3.05) is 13.2 Å². The molecular weight excluding hydrogens is 500 g/mol. The Labute approximate surface area is 232 Å². The zero-order chi connectivity index (χ0) is 27.4. The summed E-state index contributed by atoms with van der Waals surface area (Å²) in [7, 11) is 0. The summed E-state index contributed by atoms with van der Waals surface area (Å²) >= 11 is 0. The lowest BCUT2D eigenvalue weighted by Crippen LogP contribution is -2.32. The van der Waals surface area contributed by atoms with E-state index in [0.29, 0.717) is 43.9 Å². The number of hydrogen-bond donors (Lipinski definition) is 1. The van der Waals surface area contributed by atoms with Crippen molar-refractivity contribution in [3.05, 3.63) is 119 Å². The minimum atomic E-state index is -0.200. The summed E-state index contributed by atoms with van der Waals surface area (Å²) < 4.78 is 7.42. The normalized spacial score (nSPS) is 16.9. The third-order valence-electron chi connectivity index (χ3n) is 8.01. The summed E-state index contributed by atoms with van der Waals surface area (Å²) in [4.78, 5) is 39.2. The van der Waals surface area contributed by atoms with E-state index in [1.807, 2.05) is 60.7 Å². The zero-order valence-electron chi connectivity index (χ0n) is 22.4. The molecule has 5 aromatic rings. The number of aryl methyl sites for hydroxylation is 2. The fourth-order valence-corrected chi connectivity index (χ4v) is 5.72. The van der Waals surface area contributed by atoms with Crippen molar-refractivity contribution in [1.29, 1.82) is 0 Å². The number of Topliss-reactive ketones (excluding diaryl/α,β-unsaturated/α-hetero) is 1. The highest BCUT2D eigenvalue weighted by Gasteiger charge is 2.36. The number of pyridine rings is 1. The smallest absolute Gasteiger partial charge is 0.273 e. The number of nitrogens with one attached hydrogen (secondary N) is 1. The molecule has 1 saturated heterocycles. The van der Waals surface area contributed by atoms with Crippen LogP contribution in [0.25, 0.3) is 22.2 Å². The minimum Gasteiger partial charge on any atom is -0.380 e. The lowest BCUT2D eigenvalue weighted by molar-refractivity contribution is -0.119. The molecule has 0 amide bonds. The Balaban J connectivity index is 1.24. The first-order valence-corrected chi connectivity index (χ1v) is 13.8. The summed E-state index contributed by atoms with van der Waals surface area (Å²) in [5.74, 6) is -0.00170. The van der Waals surface area contributed by atoms with Crippen molar-refractivity contribution in [3.8, 4) is 11.3 Å². The van der Waals surface area contributed by atoms with Crippen LogP contribution in [0.1, 0.15) is 36.2 Å². The van der Waals surface area contributed by atoms with Gasteiger partial charge in [-0.2, -0.15) is 0 Å². The molecule has 1 aliphatic heterocycles. The monoisotopic (exact) mass is 532 g/mol. The SMILES string of the molecule is O=C(CCc1cc2cnccc2[nH]1)Cn1c(-c2ccccc2)cnc(CCC2(c3ccccc3)CCOC2)c1=O. The van der Waals surface area contributed by atoms with Crippen LogP contribution < -0.4 is 5.56 Å². The van der Waals surface area contributed by atoms with Gasteiger partial charge < -0.3 is 9.72 Å². The number of fused-ring (bicyclic) bond motifs is 1. The highest BCUT2D eigenvalue weighted by Crippen LogP contribution is 2.37. The standard InChI is InChI=1S/C33H32N4O3/c38-28(12-11-27-19-25-20-34-17-14-29(25)36-27)22-37-31(24-7-3-1-4-8-24)21-35-30(32(37)39)13-15-33(16-18-40-23-33)26-9-5-2-6-10-26/h1-10,14,17,19-21,36H,11-13,15-16,18,22-23H2. The molecule has 202 valence electrons. The van der Waals surface area contributed by atoms with E-state index in [-0.39, 0.29) is 23.3 Å². The predicted molar refractivity (Wildman–Crippen MR) is 155 cm³/mol. The maximum Gasteiger partial charge on any atom is 0.273 e. The van der Waals surface area contributed by atoms with Crippen LogP contribution in [0.4, 0.5) is 0 Å². The molecule has 1 fully saturated rings. The molecule has 6 rings (SSSR count). The first-order valence-electron chi connectivity index (χ1n) is 13.8. The molecule has 7 nitrogen and oxygen atoms in total. The van der Waals surface area contributed by atoms with Crippen LogP contribution in [0.15, 0.2) is 96.2 Å². The molecule has 1 N–H and O–H groups in total. The molecule has 3 aromatic heterocycles. The Bertz CT molecular complexity index is 1640. The average molecular weight is 533 g/mol. The van der Waals surface area contributed by atoms with Gasteiger partial charge in [0.2, 0.25) is 0 Å². The second-order valence-electron chi connectivity index (χ2n) is 10.6. The number of hydrogen-bond acceptors (Lipinski definition) is 5. The van der Waals surface area contributed by atoms with Crippen LogP contribution in [0.2, 0.25) is 0 Å². The van der Waals surface area contributed by atoms with Gasteiger partial charge in [-0.1, -0.05) is 60.7 Å². The second kappa shape index (κ2) is 11.4. The topological polar surface area (TPSA) is 89.9 Å². The zero-order valence-corrected chi connectivity index (χ0v) is 22.4. The number of ether oxygens (including phenoxy) is 1. The summed E-state index contributed by atoms with van der Waals surface area (Å²) in [6, 6.07) is 24.0. The summed E-state index contributed by atoms with van der Waals surface area (Å²) in [5, 5.41) is 1.02. The first-order chi connectivity index (χ1) is 19.6. The molecule has 0 saturated carbocycles. The number of H-pyrrole nitrogens is 1. The maximum atomic E-state index is 13.8. The van der Waals surface area contributed by atoms with Crippen LogP contribution in [-0.4, -0.2) is 38.5 Å². The Morgan fingerprint density at radius 2 is 1.80 bits per heavy atom. The highest BCUT2D eigenvalue weighted by molar-refractivity contribution is 5.81.